The van der Waals surface area contributed by atoms with E-state index in [-0.39, 0.29) is 0 Å². The van der Waals surface area contributed by atoms with Crippen molar-refractivity contribution in [3.8, 4) is 5.75 Å². The molecule has 0 saturated carbocycles. The second-order valence-electron chi connectivity index (χ2n) is 5.83. The van der Waals surface area contributed by atoms with E-state index in [1.807, 2.05) is 37.3 Å². The Morgan fingerprint density at radius 2 is 2.04 bits per heavy atom. The van der Waals surface area contributed by atoms with Gasteiger partial charge < -0.3 is 10.6 Å². The Bertz CT molecular complexity index is 907. The van der Waals surface area contributed by atoms with E-state index in [2.05, 4.69) is 45.8 Å². The van der Waals surface area contributed by atoms with Crippen LogP contribution in [0.25, 0.3) is 0 Å². The molecular weight excluding hydrogens is 360 g/mol. The number of anilines is 1. The SMILES string of the molecule is CCOc1ccc(/C=N/Nc2nnc(SCc3cccc(C)c3)n2N)cc1. The second-order valence-corrected chi connectivity index (χ2v) is 6.77. The Morgan fingerprint density at radius 3 is 2.78 bits per heavy atom. The van der Waals surface area contributed by atoms with Crippen LogP contribution in [-0.4, -0.2) is 27.7 Å². The first kappa shape index (κ1) is 18.8. The molecular formula is C19H22N6OS. The normalized spacial score (nSPS) is 11.0. The molecule has 0 radical (unpaired) electrons. The van der Waals surface area contributed by atoms with Crippen LogP contribution in [0.2, 0.25) is 0 Å². The molecule has 0 bridgehead atoms. The average Bonchev–Trinajstić information content (AvgIpc) is 3.02. The van der Waals surface area contributed by atoms with Gasteiger partial charge in [0.05, 0.1) is 12.8 Å². The molecule has 140 valence electrons. The minimum Gasteiger partial charge on any atom is -0.494 e. The summed E-state index contributed by atoms with van der Waals surface area (Å²) in [6.07, 6.45) is 1.68. The average molecular weight is 382 g/mol. The van der Waals surface area contributed by atoms with Crippen LogP contribution in [0.5, 0.6) is 5.75 Å². The molecule has 0 saturated heterocycles. The lowest BCUT2D eigenvalue weighted by Gasteiger charge is -2.04. The van der Waals surface area contributed by atoms with Crippen LogP contribution in [0.1, 0.15) is 23.6 Å². The van der Waals surface area contributed by atoms with Gasteiger partial charge >= 0.3 is 0 Å². The molecule has 0 aliphatic rings. The minimum absolute atomic E-state index is 0.379. The largest absolute Gasteiger partial charge is 0.494 e. The maximum atomic E-state index is 6.05. The van der Waals surface area contributed by atoms with Crippen molar-refractivity contribution in [3.63, 3.8) is 0 Å². The summed E-state index contributed by atoms with van der Waals surface area (Å²) < 4.78 is 6.81. The number of hydrogen-bond donors (Lipinski definition) is 2. The molecule has 0 unspecified atom stereocenters. The maximum absolute atomic E-state index is 6.05. The summed E-state index contributed by atoms with van der Waals surface area (Å²) in [4.78, 5) is 0. The van der Waals surface area contributed by atoms with Gasteiger partial charge in [-0.2, -0.15) is 5.10 Å². The number of nitrogens with zero attached hydrogens (tertiary/aromatic N) is 4. The van der Waals surface area contributed by atoms with Gasteiger partial charge in [0, 0.05) is 5.75 Å². The lowest BCUT2D eigenvalue weighted by atomic mass is 10.2. The van der Waals surface area contributed by atoms with Gasteiger partial charge in [0.2, 0.25) is 5.16 Å². The standard InChI is InChI=1S/C19H22N6OS/c1-3-26-17-9-7-15(8-10-17)12-21-22-18-23-24-19(25(18)20)27-13-16-6-4-5-14(2)11-16/h4-12H,3,13,20H2,1-2H3,(H,22,23)/b21-12+. The number of ether oxygens (including phenoxy) is 1. The molecule has 3 aromatic rings. The Kier molecular flexibility index (Phi) is 6.32. The van der Waals surface area contributed by atoms with E-state index in [0.717, 1.165) is 17.1 Å². The number of nitrogens with one attached hydrogen (secondary N) is 1. The third-order valence-electron chi connectivity index (χ3n) is 3.68. The number of rotatable bonds is 8. The summed E-state index contributed by atoms with van der Waals surface area (Å²) in [5.74, 6) is 8.03. The molecule has 3 rings (SSSR count). The smallest absolute Gasteiger partial charge is 0.264 e. The lowest BCUT2D eigenvalue weighted by molar-refractivity contribution is 0.340. The van der Waals surface area contributed by atoms with Crippen molar-refractivity contribution < 1.29 is 4.74 Å². The number of aromatic nitrogens is 3. The van der Waals surface area contributed by atoms with E-state index >= 15 is 0 Å². The van der Waals surface area contributed by atoms with Crippen molar-refractivity contribution in [2.24, 2.45) is 5.10 Å². The van der Waals surface area contributed by atoms with E-state index in [0.29, 0.717) is 17.7 Å². The summed E-state index contributed by atoms with van der Waals surface area (Å²) in [5, 5.41) is 12.9. The molecule has 0 aliphatic carbocycles. The molecule has 0 spiro atoms. The molecule has 0 atom stereocenters. The van der Waals surface area contributed by atoms with E-state index in [4.69, 9.17) is 10.6 Å². The Morgan fingerprint density at radius 1 is 1.22 bits per heavy atom. The van der Waals surface area contributed by atoms with Crippen molar-refractivity contribution in [2.45, 2.75) is 24.8 Å². The minimum atomic E-state index is 0.379. The highest BCUT2D eigenvalue weighted by Crippen LogP contribution is 2.22. The number of nitrogen functional groups attached to an aromatic ring is 1. The Balaban J connectivity index is 1.56. The van der Waals surface area contributed by atoms with Crippen LogP contribution >= 0.6 is 11.8 Å². The zero-order valence-electron chi connectivity index (χ0n) is 15.3. The van der Waals surface area contributed by atoms with Crippen molar-refractivity contribution in [3.05, 3.63) is 65.2 Å². The van der Waals surface area contributed by atoms with Gasteiger partial charge in [-0.3, -0.25) is 0 Å². The highest BCUT2D eigenvalue weighted by atomic mass is 32.2. The molecule has 7 nitrogen and oxygen atoms in total. The number of thioether (sulfide) groups is 1. The summed E-state index contributed by atoms with van der Waals surface area (Å²) >= 11 is 1.52. The van der Waals surface area contributed by atoms with Crippen molar-refractivity contribution in [1.82, 2.24) is 14.9 Å². The van der Waals surface area contributed by atoms with Gasteiger partial charge in [0.25, 0.3) is 5.95 Å². The van der Waals surface area contributed by atoms with Crippen LogP contribution < -0.4 is 16.0 Å². The van der Waals surface area contributed by atoms with E-state index in [1.165, 1.54) is 27.6 Å². The van der Waals surface area contributed by atoms with Gasteiger partial charge in [-0.05, 0) is 49.2 Å². The van der Waals surface area contributed by atoms with Crippen molar-refractivity contribution in [2.75, 3.05) is 17.9 Å². The zero-order chi connectivity index (χ0) is 19.1. The third-order valence-corrected chi connectivity index (χ3v) is 4.70. The van der Waals surface area contributed by atoms with Crippen LogP contribution in [-0.2, 0) is 5.75 Å². The van der Waals surface area contributed by atoms with Crippen LogP contribution in [0.4, 0.5) is 5.95 Å². The van der Waals surface area contributed by atoms with E-state index < -0.39 is 0 Å². The van der Waals surface area contributed by atoms with Crippen molar-refractivity contribution in [1.29, 1.82) is 0 Å². The zero-order valence-corrected chi connectivity index (χ0v) is 16.1. The van der Waals surface area contributed by atoms with Gasteiger partial charge in [-0.15, -0.1) is 10.2 Å². The predicted molar refractivity (Wildman–Crippen MR) is 110 cm³/mol. The predicted octanol–water partition coefficient (Wildman–Crippen LogP) is 3.44. The van der Waals surface area contributed by atoms with Crippen LogP contribution in [0.3, 0.4) is 0 Å². The second kappa shape index (κ2) is 9.09. The van der Waals surface area contributed by atoms with Gasteiger partial charge in [0.1, 0.15) is 5.75 Å². The number of benzene rings is 2. The number of nitrogens with two attached hydrogens (primary N) is 1. The molecule has 1 aromatic heterocycles. The number of aryl methyl sites for hydroxylation is 1. The molecule has 0 fully saturated rings. The van der Waals surface area contributed by atoms with Crippen LogP contribution in [0, 0.1) is 6.92 Å². The maximum Gasteiger partial charge on any atom is 0.264 e. The monoisotopic (exact) mass is 382 g/mol. The molecule has 2 aromatic carbocycles. The van der Waals surface area contributed by atoms with Crippen molar-refractivity contribution >= 4 is 23.9 Å². The Hall–Kier alpha value is -3.00. The summed E-state index contributed by atoms with van der Waals surface area (Å²) in [5.41, 5.74) is 6.20. The Labute approximate surface area is 162 Å². The van der Waals surface area contributed by atoms with Gasteiger partial charge in [0.15, 0.2) is 0 Å². The fraction of sp³-hybridized carbons (Fsp3) is 0.211. The molecule has 0 aliphatic heterocycles. The molecule has 3 N–H and O–H groups in total. The highest BCUT2D eigenvalue weighted by molar-refractivity contribution is 7.98. The fourth-order valence-electron chi connectivity index (χ4n) is 2.38. The van der Waals surface area contributed by atoms with Crippen LogP contribution in [0.15, 0.2) is 58.8 Å². The first-order chi connectivity index (χ1) is 13.2. The number of hydrazone groups is 1. The first-order valence-electron chi connectivity index (χ1n) is 8.56. The molecule has 8 heteroatoms. The molecule has 0 amide bonds. The van der Waals surface area contributed by atoms with E-state index in [1.54, 1.807) is 6.21 Å². The van der Waals surface area contributed by atoms with E-state index in [9.17, 15) is 0 Å². The topological polar surface area (TPSA) is 90.3 Å². The first-order valence-corrected chi connectivity index (χ1v) is 9.55. The third kappa shape index (κ3) is 5.24. The van der Waals surface area contributed by atoms with Gasteiger partial charge in [-0.1, -0.05) is 41.6 Å². The summed E-state index contributed by atoms with van der Waals surface area (Å²) in [6.45, 7) is 4.67. The highest BCUT2D eigenvalue weighted by Gasteiger charge is 2.09. The number of hydrogen-bond acceptors (Lipinski definition) is 7. The molecule has 27 heavy (non-hydrogen) atoms. The summed E-state index contributed by atoms with van der Waals surface area (Å²) in [7, 11) is 0. The fourth-order valence-corrected chi connectivity index (χ4v) is 3.18. The lowest BCUT2D eigenvalue weighted by Crippen LogP contribution is -2.13. The van der Waals surface area contributed by atoms with Gasteiger partial charge in [-0.25, -0.2) is 10.1 Å². The quantitative estimate of drug-likeness (QED) is 0.268. The molecule has 1 heterocycles. The summed E-state index contributed by atoms with van der Waals surface area (Å²) in [6, 6.07) is 16.0.